The molecule has 0 amide bonds. The van der Waals surface area contributed by atoms with Crippen molar-refractivity contribution in [3.05, 3.63) is 11.7 Å². The van der Waals surface area contributed by atoms with E-state index in [9.17, 15) is 0 Å². The molecule has 4 heteroatoms. The van der Waals surface area contributed by atoms with Gasteiger partial charge < -0.3 is 9.84 Å². The van der Waals surface area contributed by atoms with Crippen LogP contribution in [0.1, 0.15) is 75.4 Å². The summed E-state index contributed by atoms with van der Waals surface area (Å²) in [7, 11) is 2.07. The van der Waals surface area contributed by atoms with Crippen molar-refractivity contribution in [2.45, 2.75) is 76.2 Å². The van der Waals surface area contributed by atoms with E-state index in [1.54, 1.807) is 0 Å². The summed E-state index contributed by atoms with van der Waals surface area (Å²) >= 11 is 0. The average Bonchev–Trinajstić information content (AvgIpc) is 2.97. The Labute approximate surface area is 121 Å². The summed E-state index contributed by atoms with van der Waals surface area (Å²) in [5.41, 5.74) is 0. The molecule has 2 saturated carbocycles. The van der Waals surface area contributed by atoms with Gasteiger partial charge in [0.1, 0.15) is 0 Å². The molecule has 0 spiro atoms. The number of hydrogen-bond donors (Lipinski definition) is 1. The fourth-order valence-electron chi connectivity index (χ4n) is 3.93. The predicted molar refractivity (Wildman–Crippen MR) is 78.6 cm³/mol. The van der Waals surface area contributed by atoms with E-state index in [0.717, 1.165) is 18.1 Å². The van der Waals surface area contributed by atoms with Gasteiger partial charge in [-0.25, -0.2) is 0 Å². The van der Waals surface area contributed by atoms with Crippen molar-refractivity contribution in [3.63, 3.8) is 0 Å². The third-order valence-electron chi connectivity index (χ3n) is 5.17. The second kappa shape index (κ2) is 6.70. The van der Waals surface area contributed by atoms with E-state index in [4.69, 9.17) is 9.51 Å². The Bertz CT molecular complexity index is 412. The van der Waals surface area contributed by atoms with Gasteiger partial charge in [0.05, 0.1) is 0 Å². The van der Waals surface area contributed by atoms with Gasteiger partial charge in [0, 0.05) is 18.4 Å². The first-order valence-corrected chi connectivity index (χ1v) is 8.36. The lowest BCUT2D eigenvalue weighted by Gasteiger charge is -2.30. The van der Waals surface area contributed by atoms with Crippen molar-refractivity contribution >= 4 is 0 Å². The predicted octanol–water partition coefficient (Wildman–Crippen LogP) is 3.44. The largest absolute Gasteiger partial charge is 0.339 e. The molecular weight excluding hydrogens is 250 g/mol. The number of nitrogens with one attached hydrogen (secondary N) is 1. The molecule has 0 aliphatic heterocycles. The van der Waals surface area contributed by atoms with E-state index < -0.39 is 0 Å². The van der Waals surface area contributed by atoms with Crippen molar-refractivity contribution in [2.75, 3.05) is 7.05 Å². The SMILES string of the molecule is CNC1CCCCC1Cc1nc(C2CCCCC2)no1. The van der Waals surface area contributed by atoms with E-state index in [1.807, 2.05) is 0 Å². The molecule has 1 N–H and O–H groups in total. The van der Waals surface area contributed by atoms with Crippen LogP contribution in [-0.2, 0) is 6.42 Å². The molecule has 0 radical (unpaired) electrons. The van der Waals surface area contributed by atoms with Gasteiger partial charge in [-0.1, -0.05) is 37.3 Å². The first-order chi connectivity index (χ1) is 9.86. The highest BCUT2D eigenvalue weighted by molar-refractivity contribution is 4.98. The second-order valence-electron chi connectivity index (χ2n) is 6.53. The standard InChI is InChI=1S/C16H27N3O/c1-17-14-10-6-5-9-13(14)11-15-18-16(19-20-15)12-7-3-2-4-8-12/h12-14,17H,2-11H2,1H3. The summed E-state index contributed by atoms with van der Waals surface area (Å²) in [5, 5.41) is 7.70. The molecule has 0 aromatic carbocycles. The zero-order chi connectivity index (χ0) is 13.8. The lowest BCUT2D eigenvalue weighted by atomic mass is 9.82. The van der Waals surface area contributed by atoms with E-state index in [1.165, 1.54) is 57.8 Å². The van der Waals surface area contributed by atoms with Crippen LogP contribution in [-0.4, -0.2) is 23.2 Å². The number of rotatable bonds is 4. The number of aromatic nitrogens is 2. The van der Waals surface area contributed by atoms with Gasteiger partial charge in [0.25, 0.3) is 0 Å². The smallest absolute Gasteiger partial charge is 0.226 e. The van der Waals surface area contributed by atoms with Gasteiger partial charge in [0.2, 0.25) is 5.89 Å². The Balaban J connectivity index is 1.61. The Morgan fingerprint density at radius 2 is 1.80 bits per heavy atom. The topological polar surface area (TPSA) is 51.0 Å². The van der Waals surface area contributed by atoms with Gasteiger partial charge >= 0.3 is 0 Å². The van der Waals surface area contributed by atoms with E-state index in [2.05, 4.69) is 17.5 Å². The Hall–Kier alpha value is -0.900. The van der Waals surface area contributed by atoms with Gasteiger partial charge in [-0.05, 0) is 38.6 Å². The van der Waals surface area contributed by atoms with Crippen LogP contribution in [0.2, 0.25) is 0 Å². The molecule has 2 atom stereocenters. The molecule has 1 aromatic rings. The Kier molecular flexibility index (Phi) is 4.71. The summed E-state index contributed by atoms with van der Waals surface area (Å²) in [6.45, 7) is 0. The molecule has 2 aliphatic carbocycles. The van der Waals surface area contributed by atoms with Crippen molar-refractivity contribution in [3.8, 4) is 0 Å². The quantitative estimate of drug-likeness (QED) is 0.916. The molecule has 112 valence electrons. The third-order valence-corrected chi connectivity index (χ3v) is 5.17. The summed E-state index contributed by atoms with van der Waals surface area (Å²) < 4.78 is 5.52. The van der Waals surface area contributed by atoms with Crippen molar-refractivity contribution in [1.82, 2.24) is 15.5 Å². The second-order valence-corrected chi connectivity index (χ2v) is 6.53. The average molecular weight is 277 g/mol. The zero-order valence-corrected chi connectivity index (χ0v) is 12.6. The van der Waals surface area contributed by atoms with E-state index in [0.29, 0.717) is 17.9 Å². The van der Waals surface area contributed by atoms with Crippen molar-refractivity contribution in [2.24, 2.45) is 5.92 Å². The van der Waals surface area contributed by atoms with Gasteiger partial charge in [-0.2, -0.15) is 4.98 Å². The van der Waals surface area contributed by atoms with Crippen LogP contribution in [0.4, 0.5) is 0 Å². The molecule has 1 aromatic heterocycles. The maximum Gasteiger partial charge on any atom is 0.226 e. The van der Waals surface area contributed by atoms with Crippen LogP contribution >= 0.6 is 0 Å². The summed E-state index contributed by atoms with van der Waals surface area (Å²) in [6, 6.07) is 0.619. The molecule has 20 heavy (non-hydrogen) atoms. The molecule has 0 bridgehead atoms. The normalized spacial score (nSPS) is 28.6. The van der Waals surface area contributed by atoms with Crippen LogP contribution in [0.5, 0.6) is 0 Å². The lowest BCUT2D eigenvalue weighted by Crippen LogP contribution is -2.37. The number of nitrogens with zero attached hydrogens (tertiary/aromatic N) is 2. The molecule has 3 rings (SSSR count). The van der Waals surface area contributed by atoms with Crippen LogP contribution in [0, 0.1) is 5.92 Å². The highest BCUT2D eigenvalue weighted by Gasteiger charge is 2.27. The maximum absolute atomic E-state index is 5.52. The molecule has 1 heterocycles. The van der Waals surface area contributed by atoms with Crippen LogP contribution < -0.4 is 5.32 Å². The molecule has 0 saturated heterocycles. The van der Waals surface area contributed by atoms with Gasteiger partial charge in [-0.15, -0.1) is 0 Å². The fourth-order valence-corrected chi connectivity index (χ4v) is 3.93. The molecule has 4 nitrogen and oxygen atoms in total. The van der Waals surface area contributed by atoms with Crippen LogP contribution in [0.15, 0.2) is 4.52 Å². The maximum atomic E-state index is 5.52. The molecular formula is C16H27N3O. The minimum Gasteiger partial charge on any atom is -0.339 e. The summed E-state index contributed by atoms with van der Waals surface area (Å²) in [6.07, 6.45) is 12.7. The van der Waals surface area contributed by atoms with Crippen LogP contribution in [0.3, 0.4) is 0 Å². The monoisotopic (exact) mass is 277 g/mol. The molecule has 2 aliphatic rings. The minimum atomic E-state index is 0.549. The Morgan fingerprint density at radius 1 is 1.05 bits per heavy atom. The first kappa shape index (κ1) is 14.1. The highest BCUT2D eigenvalue weighted by Crippen LogP contribution is 2.32. The first-order valence-electron chi connectivity index (χ1n) is 8.36. The zero-order valence-electron chi connectivity index (χ0n) is 12.6. The molecule has 2 unspecified atom stereocenters. The van der Waals surface area contributed by atoms with Gasteiger partial charge in [-0.3, -0.25) is 0 Å². The highest BCUT2D eigenvalue weighted by atomic mass is 16.5. The van der Waals surface area contributed by atoms with Gasteiger partial charge in [0.15, 0.2) is 5.82 Å². The van der Waals surface area contributed by atoms with E-state index >= 15 is 0 Å². The lowest BCUT2D eigenvalue weighted by molar-refractivity contribution is 0.248. The van der Waals surface area contributed by atoms with Crippen molar-refractivity contribution in [1.29, 1.82) is 0 Å². The van der Waals surface area contributed by atoms with Crippen molar-refractivity contribution < 1.29 is 4.52 Å². The minimum absolute atomic E-state index is 0.549. The summed E-state index contributed by atoms with van der Waals surface area (Å²) in [4.78, 5) is 4.69. The number of hydrogen-bond acceptors (Lipinski definition) is 4. The van der Waals surface area contributed by atoms with E-state index in [-0.39, 0.29) is 0 Å². The summed E-state index contributed by atoms with van der Waals surface area (Å²) in [5.74, 6) is 3.04. The Morgan fingerprint density at radius 3 is 2.60 bits per heavy atom. The van der Waals surface area contributed by atoms with Crippen LogP contribution in [0.25, 0.3) is 0 Å². The molecule has 2 fully saturated rings. The third kappa shape index (κ3) is 3.22. The fraction of sp³-hybridized carbons (Fsp3) is 0.875.